The maximum absolute atomic E-state index is 16.8. The van der Waals surface area contributed by atoms with Gasteiger partial charge in [0.1, 0.15) is 47.5 Å². The minimum absolute atomic E-state index is 0.0556. The Bertz CT molecular complexity index is 1970. The van der Waals surface area contributed by atoms with Crippen molar-refractivity contribution < 1.29 is 31.8 Å². The first kappa shape index (κ1) is 30.9. The molecule has 13 heteroatoms. The first-order valence-corrected chi connectivity index (χ1v) is 15.4. The Morgan fingerprint density at radius 1 is 1.19 bits per heavy atom. The number of rotatable bonds is 7. The van der Waals surface area contributed by atoms with Crippen molar-refractivity contribution in [3.05, 3.63) is 47.7 Å². The predicted octanol–water partition coefficient (Wildman–Crippen LogP) is 5.67. The molecule has 0 unspecified atom stereocenters. The van der Waals surface area contributed by atoms with Gasteiger partial charge in [-0.05, 0) is 43.0 Å². The summed E-state index contributed by atoms with van der Waals surface area (Å²) in [4.78, 5) is 30.7. The summed E-state index contributed by atoms with van der Waals surface area (Å²) >= 11 is 0. The normalized spacial score (nSPS) is 23.5. The van der Waals surface area contributed by atoms with Gasteiger partial charge < -0.3 is 19.3 Å². The van der Waals surface area contributed by atoms with Crippen LogP contribution in [0, 0.1) is 24.0 Å². The summed E-state index contributed by atoms with van der Waals surface area (Å²) < 4.78 is 72.0. The molecule has 2 aliphatic heterocycles. The van der Waals surface area contributed by atoms with Crippen molar-refractivity contribution in [1.82, 2.24) is 24.8 Å². The maximum Gasteiger partial charge on any atom is 0.414 e. The van der Waals surface area contributed by atoms with E-state index in [0.29, 0.717) is 18.4 Å². The third-order valence-corrected chi connectivity index (χ3v) is 9.40. The molecule has 4 aromatic rings. The number of pyridine rings is 1. The summed E-state index contributed by atoms with van der Waals surface area (Å²) in [6, 6.07) is 4.87. The fourth-order valence-corrected chi connectivity index (χ4v) is 6.89. The van der Waals surface area contributed by atoms with Gasteiger partial charge in [-0.25, -0.2) is 22.4 Å². The number of amides is 1. The Morgan fingerprint density at radius 2 is 1.98 bits per heavy atom. The summed E-state index contributed by atoms with van der Waals surface area (Å²) in [6.07, 6.45) is 6.59. The van der Waals surface area contributed by atoms with Crippen LogP contribution in [0.1, 0.15) is 31.2 Å². The van der Waals surface area contributed by atoms with Gasteiger partial charge in [-0.15, -0.1) is 6.42 Å². The molecule has 0 N–H and O–H groups in total. The molecule has 0 bridgehead atoms. The van der Waals surface area contributed by atoms with E-state index < -0.39 is 41.7 Å². The lowest BCUT2D eigenvalue weighted by Crippen LogP contribution is -2.43. The highest BCUT2D eigenvalue weighted by molar-refractivity contribution is 6.03. The summed E-state index contributed by atoms with van der Waals surface area (Å²) in [5.41, 5.74) is -0.973. The number of terminal acetylenes is 1. The van der Waals surface area contributed by atoms with Crippen LogP contribution in [0.5, 0.6) is 11.8 Å². The van der Waals surface area contributed by atoms with Gasteiger partial charge in [0.2, 0.25) is 0 Å². The number of carbonyl (C=O) groups excluding carboxylic acids is 1. The van der Waals surface area contributed by atoms with Gasteiger partial charge in [0.25, 0.3) is 0 Å². The van der Waals surface area contributed by atoms with E-state index in [1.807, 2.05) is 0 Å². The molecule has 1 amide bonds. The Labute approximate surface area is 268 Å². The number of benzene rings is 2. The van der Waals surface area contributed by atoms with Gasteiger partial charge in [0, 0.05) is 57.7 Å². The molecule has 244 valence electrons. The Morgan fingerprint density at radius 3 is 2.70 bits per heavy atom. The topological polar surface area (TPSA) is 83.9 Å². The minimum Gasteiger partial charge on any atom is -0.461 e. The molecule has 7 rings (SSSR count). The van der Waals surface area contributed by atoms with Crippen LogP contribution in [-0.2, 0) is 0 Å². The van der Waals surface area contributed by atoms with E-state index in [-0.39, 0.29) is 63.7 Å². The van der Waals surface area contributed by atoms with Crippen LogP contribution >= 0.6 is 0 Å². The minimum atomic E-state index is -1.08. The predicted molar refractivity (Wildman–Crippen MR) is 168 cm³/mol. The summed E-state index contributed by atoms with van der Waals surface area (Å²) in [7, 11) is 4.67. The zero-order valence-corrected chi connectivity index (χ0v) is 26.1. The smallest absolute Gasteiger partial charge is 0.414 e. The van der Waals surface area contributed by atoms with Crippen molar-refractivity contribution in [1.29, 1.82) is 0 Å². The van der Waals surface area contributed by atoms with Crippen molar-refractivity contribution in [2.45, 2.75) is 49.6 Å². The molecular weight excluding hydrogens is 616 g/mol. The maximum atomic E-state index is 16.8. The SMILES string of the molecule is C#Cc1c(F)ccc2cc(OC(=O)N(C)C)cc(-c3ncc4c(N(C)[C@H]5C[C@@H]5F)nc(OC[C@@]56CCCN5C[C@H](F)C6)nc4c3F)c12. The largest absolute Gasteiger partial charge is 0.461 e. The van der Waals surface area contributed by atoms with Gasteiger partial charge in [-0.1, -0.05) is 12.0 Å². The molecule has 47 heavy (non-hydrogen) atoms. The van der Waals surface area contributed by atoms with Crippen LogP contribution in [0.3, 0.4) is 0 Å². The number of halogens is 4. The molecule has 3 aliphatic rings. The second-order valence-corrected chi connectivity index (χ2v) is 12.7. The Kier molecular flexibility index (Phi) is 7.58. The third kappa shape index (κ3) is 5.34. The summed E-state index contributed by atoms with van der Waals surface area (Å²) in [5, 5.41) is 0.775. The van der Waals surface area contributed by atoms with Crippen LogP contribution in [0.25, 0.3) is 32.9 Å². The average Bonchev–Trinajstić information content (AvgIpc) is 3.52. The average molecular weight is 649 g/mol. The van der Waals surface area contributed by atoms with E-state index in [1.54, 1.807) is 11.9 Å². The molecule has 1 saturated carbocycles. The van der Waals surface area contributed by atoms with Crippen LogP contribution in [0.4, 0.5) is 28.2 Å². The highest BCUT2D eigenvalue weighted by atomic mass is 19.1. The number of anilines is 1. The monoisotopic (exact) mass is 648 g/mol. The second kappa shape index (κ2) is 11.5. The van der Waals surface area contributed by atoms with E-state index in [9.17, 15) is 18.0 Å². The molecule has 0 radical (unpaired) electrons. The first-order valence-electron chi connectivity index (χ1n) is 15.4. The number of carbonyl (C=O) groups is 1. The zero-order valence-electron chi connectivity index (χ0n) is 26.1. The number of nitrogens with zero attached hydrogens (tertiary/aromatic N) is 6. The van der Waals surface area contributed by atoms with Gasteiger partial charge in [0.05, 0.1) is 22.5 Å². The molecular formula is C34H32F4N6O3. The van der Waals surface area contributed by atoms with E-state index >= 15 is 4.39 Å². The van der Waals surface area contributed by atoms with Crippen molar-refractivity contribution in [3.63, 3.8) is 0 Å². The molecule has 9 nitrogen and oxygen atoms in total. The van der Waals surface area contributed by atoms with E-state index in [2.05, 4.69) is 25.8 Å². The fourth-order valence-electron chi connectivity index (χ4n) is 6.89. The molecule has 2 saturated heterocycles. The number of hydrogen-bond donors (Lipinski definition) is 0. The van der Waals surface area contributed by atoms with Crippen molar-refractivity contribution >= 4 is 33.6 Å². The number of alkyl halides is 2. The zero-order chi connectivity index (χ0) is 33.2. The molecule has 4 heterocycles. The molecule has 2 aromatic heterocycles. The molecule has 3 fully saturated rings. The van der Waals surface area contributed by atoms with Crippen LogP contribution < -0.4 is 14.4 Å². The molecule has 1 aliphatic carbocycles. The number of hydrogen-bond acceptors (Lipinski definition) is 8. The Hall–Kier alpha value is -4.70. The second-order valence-electron chi connectivity index (χ2n) is 12.7. The molecule has 0 spiro atoms. The van der Waals surface area contributed by atoms with Crippen molar-refractivity contribution in [2.75, 3.05) is 45.7 Å². The van der Waals surface area contributed by atoms with Gasteiger partial charge in [0.15, 0.2) is 5.82 Å². The van der Waals surface area contributed by atoms with E-state index in [4.69, 9.17) is 15.9 Å². The fraction of sp³-hybridized carbons (Fsp3) is 0.412. The Balaban J connectivity index is 1.38. The van der Waals surface area contributed by atoms with Gasteiger partial charge in [-0.2, -0.15) is 9.97 Å². The van der Waals surface area contributed by atoms with E-state index in [0.717, 1.165) is 19.4 Å². The van der Waals surface area contributed by atoms with Gasteiger partial charge in [-0.3, -0.25) is 9.88 Å². The van der Waals surface area contributed by atoms with Crippen molar-refractivity contribution in [3.8, 4) is 35.4 Å². The molecule has 2 aromatic carbocycles. The number of fused-ring (bicyclic) bond motifs is 3. The quantitative estimate of drug-likeness (QED) is 0.188. The molecule has 4 atom stereocenters. The van der Waals surface area contributed by atoms with Gasteiger partial charge >= 0.3 is 12.1 Å². The lowest BCUT2D eigenvalue weighted by Gasteiger charge is -2.31. The lowest BCUT2D eigenvalue weighted by atomic mass is 9.95. The van der Waals surface area contributed by atoms with Crippen LogP contribution in [-0.4, -0.2) is 95.6 Å². The lowest BCUT2D eigenvalue weighted by molar-refractivity contribution is 0.107. The third-order valence-electron chi connectivity index (χ3n) is 9.40. The first-order chi connectivity index (χ1) is 22.5. The number of aromatic nitrogens is 3. The summed E-state index contributed by atoms with van der Waals surface area (Å²) in [5.74, 6) is 1.03. The van der Waals surface area contributed by atoms with Crippen LogP contribution in [0.15, 0.2) is 30.5 Å². The van der Waals surface area contributed by atoms with Crippen LogP contribution in [0.2, 0.25) is 0 Å². The summed E-state index contributed by atoms with van der Waals surface area (Å²) in [6.45, 7) is 1.19. The van der Waals surface area contributed by atoms with Crippen molar-refractivity contribution in [2.24, 2.45) is 0 Å². The highest BCUT2D eigenvalue weighted by Crippen LogP contribution is 2.43. The van der Waals surface area contributed by atoms with E-state index in [1.165, 1.54) is 49.5 Å². The standard InChI is InChI=1S/C34H32F4N6O3/c1-5-21-24(36)8-7-18-11-20(47-33(45)42(2)3)12-22(27(18)21)29-28(38)30-23(15-39-29)31(43(4)26-13-25(26)37)41-32(40-30)46-17-34-9-6-10-44(34)16-19(35)14-34/h1,7-8,11-12,15,19,25-26H,6,9-10,13-14,16-17H2,2-4H3/t19-,25+,26+,34+/m1/s1. The highest BCUT2D eigenvalue weighted by Gasteiger charge is 2.49. The number of ether oxygens (including phenoxy) is 2.